The summed E-state index contributed by atoms with van der Waals surface area (Å²) in [7, 11) is 1.61. The van der Waals surface area contributed by atoms with Gasteiger partial charge in [0.2, 0.25) is 5.95 Å². The van der Waals surface area contributed by atoms with Crippen LogP contribution in [0.25, 0.3) is 10.9 Å². The Morgan fingerprint density at radius 2 is 1.96 bits per heavy atom. The Balaban J connectivity index is 1.57. The summed E-state index contributed by atoms with van der Waals surface area (Å²) < 4.78 is 10.8. The molecule has 0 amide bonds. The number of methoxy groups -OCH3 is 1. The highest BCUT2D eigenvalue weighted by atomic mass is 16.5. The normalized spacial score (nSPS) is 14.0. The number of nitrogens with zero attached hydrogens (tertiary/aromatic N) is 3. The van der Waals surface area contributed by atoms with Crippen molar-refractivity contribution in [3.63, 3.8) is 0 Å². The third-order valence-electron chi connectivity index (χ3n) is 4.53. The molecule has 1 aliphatic rings. The first-order valence-corrected chi connectivity index (χ1v) is 8.78. The van der Waals surface area contributed by atoms with Crippen molar-refractivity contribution in [2.45, 2.75) is 0 Å². The van der Waals surface area contributed by atoms with Crippen molar-refractivity contribution in [3.8, 4) is 18.1 Å². The molecule has 1 saturated heterocycles. The fraction of sp³-hybridized carbons (Fsp3) is 0.238. The molecule has 136 valence electrons. The van der Waals surface area contributed by atoms with Crippen LogP contribution in [0.5, 0.6) is 5.75 Å². The zero-order valence-electron chi connectivity index (χ0n) is 15.1. The summed E-state index contributed by atoms with van der Waals surface area (Å²) >= 11 is 0. The van der Waals surface area contributed by atoms with Crippen LogP contribution >= 0.6 is 0 Å². The van der Waals surface area contributed by atoms with Crippen molar-refractivity contribution in [2.75, 3.05) is 43.6 Å². The van der Waals surface area contributed by atoms with E-state index >= 15 is 0 Å². The first kappa shape index (κ1) is 17.1. The molecule has 4 rings (SSSR count). The molecule has 1 N–H and O–H groups in total. The second-order valence-corrected chi connectivity index (χ2v) is 6.23. The largest absolute Gasteiger partial charge is 0.494 e. The maximum Gasteiger partial charge on any atom is 0.227 e. The average Bonchev–Trinajstić information content (AvgIpc) is 2.74. The van der Waals surface area contributed by atoms with Gasteiger partial charge >= 0.3 is 0 Å². The van der Waals surface area contributed by atoms with Crippen molar-refractivity contribution in [3.05, 3.63) is 48.2 Å². The summed E-state index contributed by atoms with van der Waals surface area (Å²) in [6.07, 6.45) is 7.24. The minimum atomic E-state index is 0.508. The predicted octanol–water partition coefficient (Wildman–Crippen LogP) is 3.20. The van der Waals surface area contributed by atoms with E-state index in [1.807, 2.05) is 18.2 Å². The summed E-state index contributed by atoms with van der Waals surface area (Å²) in [4.78, 5) is 11.3. The van der Waals surface area contributed by atoms with E-state index in [2.05, 4.69) is 38.2 Å². The Hall–Kier alpha value is -3.30. The molecule has 1 aliphatic heterocycles. The summed E-state index contributed by atoms with van der Waals surface area (Å²) in [5, 5.41) is 4.09. The zero-order chi connectivity index (χ0) is 18.6. The first-order chi connectivity index (χ1) is 13.3. The van der Waals surface area contributed by atoms with Crippen LogP contribution < -0.4 is 15.0 Å². The summed E-state index contributed by atoms with van der Waals surface area (Å²) in [6, 6.07) is 11.9. The van der Waals surface area contributed by atoms with Crippen molar-refractivity contribution in [1.82, 2.24) is 9.97 Å². The average molecular weight is 360 g/mol. The third-order valence-corrected chi connectivity index (χ3v) is 4.53. The van der Waals surface area contributed by atoms with Gasteiger partial charge in [-0.3, -0.25) is 0 Å². The minimum Gasteiger partial charge on any atom is -0.494 e. The number of morpholine rings is 1. The number of rotatable bonds is 4. The summed E-state index contributed by atoms with van der Waals surface area (Å²) in [6.45, 7) is 3.38. The van der Waals surface area contributed by atoms with Crippen LogP contribution in [-0.2, 0) is 4.74 Å². The van der Waals surface area contributed by atoms with Crippen molar-refractivity contribution in [2.24, 2.45) is 0 Å². The lowest BCUT2D eigenvalue weighted by molar-refractivity contribution is 0.122. The maximum absolute atomic E-state index is 5.49. The van der Waals surface area contributed by atoms with Crippen LogP contribution in [0.2, 0.25) is 0 Å². The number of aromatic nitrogens is 2. The molecule has 0 aliphatic carbocycles. The summed E-state index contributed by atoms with van der Waals surface area (Å²) in [5.74, 6) is 3.76. The van der Waals surface area contributed by atoms with Gasteiger partial charge in [-0.1, -0.05) is 5.92 Å². The molecule has 0 unspecified atom stereocenters. The molecule has 6 heteroatoms. The predicted molar refractivity (Wildman–Crippen MR) is 107 cm³/mol. The second-order valence-electron chi connectivity index (χ2n) is 6.23. The van der Waals surface area contributed by atoms with E-state index in [1.54, 1.807) is 19.4 Å². The van der Waals surface area contributed by atoms with E-state index in [9.17, 15) is 0 Å². The maximum atomic E-state index is 5.49. The quantitative estimate of drug-likeness (QED) is 0.721. The Morgan fingerprint density at radius 1 is 1.19 bits per heavy atom. The number of anilines is 3. The third kappa shape index (κ3) is 3.64. The Bertz CT molecular complexity index is 989. The zero-order valence-corrected chi connectivity index (χ0v) is 15.1. The molecule has 0 atom stereocenters. The van der Waals surface area contributed by atoms with E-state index in [0.29, 0.717) is 11.7 Å². The highest BCUT2D eigenvalue weighted by Crippen LogP contribution is 2.27. The number of hydrogen-bond acceptors (Lipinski definition) is 6. The fourth-order valence-electron chi connectivity index (χ4n) is 3.12. The van der Waals surface area contributed by atoms with Crippen LogP contribution in [0.4, 0.5) is 17.3 Å². The summed E-state index contributed by atoms with van der Waals surface area (Å²) in [5.41, 5.74) is 3.57. The first-order valence-electron chi connectivity index (χ1n) is 8.78. The number of hydrogen-bond donors (Lipinski definition) is 1. The van der Waals surface area contributed by atoms with Crippen LogP contribution in [-0.4, -0.2) is 43.4 Å². The van der Waals surface area contributed by atoms with Crippen molar-refractivity contribution in [1.29, 1.82) is 0 Å². The highest BCUT2D eigenvalue weighted by Gasteiger charge is 2.11. The molecule has 2 heterocycles. The van der Waals surface area contributed by atoms with Crippen molar-refractivity contribution < 1.29 is 9.47 Å². The van der Waals surface area contributed by atoms with E-state index in [0.717, 1.165) is 48.5 Å². The molecular weight excluding hydrogens is 340 g/mol. The molecule has 0 spiro atoms. The smallest absolute Gasteiger partial charge is 0.227 e. The lowest BCUT2D eigenvalue weighted by Crippen LogP contribution is -2.36. The molecule has 0 radical (unpaired) electrons. The lowest BCUT2D eigenvalue weighted by atomic mass is 10.1. The molecule has 2 aromatic carbocycles. The Labute approximate surface area is 158 Å². The number of benzene rings is 2. The van der Waals surface area contributed by atoms with Crippen LogP contribution in [0.3, 0.4) is 0 Å². The van der Waals surface area contributed by atoms with Gasteiger partial charge in [-0.05, 0) is 36.4 Å². The molecule has 0 bridgehead atoms. The van der Waals surface area contributed by atoms with Gasteiger partial charge in [0.1, 0.15) is 11.3 Å². The lowest BCUT2D eigenvalue weighted by Gasteiger charge is -2.28. The molecular formula is C21H20N4O2. The molecule has 6 nitrogen and oxygen atoms in total. The van der Waals surface area contributed by atoms with E-state index in [-0.39, 0.29) is 0 Å². The fourth-order valence-corrected chi connectivity index (χ4v) is 3.12. The molecule has 3 aromatic rings. The molecule has 1 aromatic heterocycles. The topological polar surface area (TPSA) is 59.5 Å². The van der Waals surface area contributed by atoms with Crippen LogP contribution in [0.1, 0.15) is 5.56 Å². The van der Waals surface area contributed by atoms with Gasteiger partial charge in [0.25, 0.3) is 0 Å². The van der Waals surface area contributed by atoms with E-state index < -0.39 is 0 Å². The van der Waals surface area contributed by atoms with Gasteiger partial charge in [-0.2, -0.15) is 0 Å². The van der Waals surface area contributed by atoms with E-state index in [4.69, 9.17) is 15.9 Å². The van der Waals surface area contributed by atoms with Gasteiger partial charge < -0.3 is 19.7 Å². The number of fused-ring (bicyclic) bond motifs is 1. The van der Waals surface area contributed by atoms with Crippen LogP contribution in [0, 0.1) is 12.3 Å². The number of terminal acetylenes is 1. The Kier molecular flexibility index (Phi) is 4.77. The second kappa shape index (κ2) is 7.52. The van der Waals surface area contributed by atoms with Gasteiger partial charge in [-0.25, -0.2) is 9.97 Å². The SMILES string of the molecule is C#Cc1cc(OC)c2nc(Nc3ccc(N4CCOCC4)cc3)ncc2c1. The Morgan fingerprint density at radius 3 is 2.67 bits per heavy atom. The number of ether oxygens (including phenoxy) is 2. The monoisotopic (exact) mass is 360 g/mol. The molecule has 27 heavy (non-hydrogen) atoms. The highest BCUT2D eigenvalue weighted by molar-refractivity contribution is 5.86. The molecule has 1 fully saturated rings. The number of nitrogens with one attached hydrogen (secondary N) is 1. The van der Waals surface area contributed by atoms with Gasteiger partial charge in [0.05, 0.1) is 20.3 Å². The van der Waals surface area contributed by atoms with Gasteiger partial charge in [0.15, 0.2) is 0 Å². The van der Waals surface area contributed by atoms with Gasteiger partial charge in [0, 0.05) is 41.6 Å². The standard InChI is InChI=1S/C21H20N4O2/c1-3-15-12-16-14-22-21(24-20(16)19(13-15)26-2)23-17-4-6-18(7-5-17)25-8-10-27-11-9-25/h1,4-7,12-14H,8-11H2,2H3,(H,22,23,24). The van der Waals surface area contributed by atoms with Gasteiger partial charge in [-0.15, -0.1) is 6.42 Å². The molecule has 0 saturated carbocycles. The van der Waals surface area contributed by atoms with E-state index in [1.165, 1.54) is 5.69 Å². The van der Waals surface area contributed by atoms with Crippen molar-refractivity contribution >= 4 is 28.2 Å². The minimum absolute atomic E-state index is 0.508. The van der Waals surface area contributed by atoms with Crippen LogP contribution in [0.15, 0.2) is 42.6 Å².